The summed E-state index contributed by atoms with van der Waals surface area (Å²) in [5.41, 5.74) is 2.08. The molecule has 2 rings (SSSR count). The zero-order chi connectivity index (χ0) is 24.6. The molecule has 7 nitrogen and oxygen atoms in total. The summed E-state index contributed by atoms with van der Waals surface area (Å²) in [5, 5.41) is 3.07. The molecule has 9 heteroatoms. The van der Waals surface area contributed by atoms with Gasteiger partial charge < -0.3 is 10.2 Å². The smallest absolute Gasteiger partial charge is 0.244 e. The molecule has 0 aliphatic rings. The maximum absolute atomic E-state index is 13.4. The molecular weight excluding hydrogens is 462 g/mol. The van der Waals surface area contributed by atoms with Crippen LogP contribution in [-0.4, -0.2) is 50.5 Å². The van der Waals surface area contributed by atoms with Crippen LogP contribution < -0.4 is 9.62 Å². The maximum atomic E-state index is 13.4. The molecule has 2 amide bonds. The molecule has 0 saturated carbocycles. The number of hydrogen-bond acceptors (Lipinski definition) is 4. The minimum atomic E-state index is -3.81. The number of carbonyl (C=O) groups is 2. The Kier molecular flexibility index (Phi) is 9.73. The minimum Gasteiger partial charge on any atom is -0.354 e. The van der Waals surface area contributed by atoms with E-state index in [4.69, 9.17) is 11.6 Å². The van der Waals surface area contributed by atoms with Crippen LogP contribution in [0.2, 0.25) is 5.02 Å². The van der Waals surface area contributed by atoms with E-state index in [1.54, 1.807) is 31.2 Å². The number of halogens is 1. The van der Waals surface area contributed by atoms with Gasteiger partial charge in [0.25, 0.3) is 0 Å². The van der Waals surface area contributed by atoms with Gasteiger partial charge in [-0.2, -0.15) is 0 Å². The zero-order valence-electron chi connectivity index (χ0n) is 19.5. The Morgan fingerprint density at radius 3 is 2.42 bits per heavy atom. The second-order valence-electron chi connectivity index (χ2n) is 8.05. The van der Waals surface area contributed by atoms with Crippen LogP contribution in [0.1, 0.15) is 37.8 Å². The second-order valence-corrected chi connectivity index (χ2v) is 10.4. The molecular formula is C24H32ClN3O4S. The van der Waals surface area contributed by atoms with Crippen molar-refractivity contribution in [3.05, 3.63) is 64.7 Å². The van der Waals surface area contributed by atoms with Crippen molar-refractivity contribution < 1.29 is 18.0 Å². The lowest BCUT2D eigenvalue weighted by Crippen LogP contribution is -2.51. The Labute approximate surface area is 201 Å². The summed E-state index contributed by atoms with van der Waals surface area (Å²) in [7, 11) is -3.81. The van der Waals surface area contributed by atoms with E-state index < -0.39 is 28.5 Å². The number of nitrogens with zero attached hydrogens (tertiary/aromatic N) is 2. The molecule has 0 aliphatic heterocycles. The van der Waals surface area contributed by atoms with E-state index >= 15 is 0 Å². The number of carbonyl (C=O) groups excluding carboxylic acids is 2. The van der Waals surface area contributed by atoms with Crippen LogP contribution in [0.4, 0.5) is 5.69 Å². The summed E-state index contributed by atoms with van der Waals surface area (Å²) >= 11 is 6.22. The van der Waals surface area contributed by atoms with Gasteiger partial charge in [-0.15, -0.1) is 0 Å². The molecule has 0 fully saturated rings. The first-order chi connectivity index (χ1) is 15.5. The average molecular weight is 494 g/mol. The molecule has 0 radical (unpaired) electrons. The minimum absolute atomic E-state index is 0.170. The molecule has 0 heterocycles. The van der Waals surface area contributed by atoms with E-state index in [9.17, 15) is 18.0 Å². The van der Waals surface area contributed by atoms with Crippen LogP contribution in [-0.2, 0) is 26.2 Å². The van der Waals surface area contributed by atoms with Crippen LogP contribution in [0.3, 0.4) is 0 Å². The lowest BCUT2D eigenvalue weighted by Gasteiger charge is -2.31. The van der Waals surface area contributed by atoms with Crippen molar-refractivity contribution in [2.45, 2.75) is 46.2 Å². The topological polar surface area (TPSA) is 86.8 Å². The summed E-state index contributed by atoms with van der Waals surface area (Å²) in [6.07, 6.45) is 2.79. The lowest BCUT2D eigenvalue weighted by molar-refractivity contribution is -0.139. The first-order valence-electron chi connectivity index (χ1n) is 10.9. The van der Waals surface area contributed by atoms with Crippen molar-refractivity contribution in [3.63, 3.8) is 0 Å². The van der Waals surface area contributed by atoms with Gasteiger partial charge in [0.05, 0.1) is 17.0 Å². The first kappa shape index (κ1) is 26.7. The lowest BCUT2D eigenvalue weighted by atomic mass is 10.1. The number of sulfonamides is 1. The van der Waals surface area contributed by atoms with Gasteiger partial charge in [-0.05, 0) is 38.0 Å². The molecule has 1 atom stereocenters. The maximum Gasteiger partial charge on any atom is 0.244 e. The van der Waals surface area contributed by atoms with E-state index in [0.717, 1.165) is 34.5 Å². The Bertz CT molecular complexity index is 1070. The monoisotopic (exact) mass is 493 g/mol. The third-order valence-corrected chi connectivity index (χ3v) is 6.68. The van der Waals surface area contributed by atoms with Crippen molar-refractivity contribution in [1.29, 1.82) is 0 Å². The summed E-state index contributed by atoms with van der Waals surface area (Å²) in [4.78, 5) is 27.6. The fourth-order valence-corrected chi connectivity index (χ4v) is 4.52. The van der Waals surface area contributed by atoms with Gasteiger partial charge in [0, 0.05) is 13.1 Å². The SMILES string of the molecule is CCCCNC(=O)C(C)N(Cc1cccc(C)c1)C(=O)CN(c1ccccc1Cl)S(C)(=O)=O. The van der Waals surface area contributed by atoms with E-state index in [0.29, 0.717) is 6.54 Å². The Hall–Kier alpha value is -2.58. The van der Waals surface area contributed by atoms with Crippen LogP contribution in [0.15, 0.2) is 48.5 Å². The molecule has 33 heavy (non-hydrogen) atoms. The first-order valence-corrected chi connectivity index (χ1v) is 13.1. The highest BCUT2D eigenvalue weighted by molar-refractivity contribution is 7.92. The fraction of sp³-hybridized carbons (Fsp3) is 0.417. The predicted molar refractivity (Wildman–Crippen MR) is 133 cm³/mol. The molecule has 0 spiro atoms. The number of anilines is 1. The van der Waals surface area contributed by atoms with E-state index in [2.05, 4.69) is 5.32 Å². The quantitative estimate of drug-likeness (QED) is 0.483. The number of hydrogen-bond donors (Lipinski definition) is 1. The molecule has 2 aromatic carbocycles. The van der Waals surface area contributed by atoms with Gasteiger partial charge in [0.2, 0.25) is 21.8 Å². The van der Waals surface area contributed by atoms with E-state index in [1.807, 2.05) is 38.1 Å². The van der Waals surface area contributed by atoms with Crippen LogP contribution >= 0.6 is 11.6 Å². The number of aryl methyl sites for hydroxylation is 1. The number of benzene rings is 2. The third kappa shape index (κ3) is 7.75. The van der Waals surface area contributed by atoms with Gasteiger partial charge in [-0.25, -0.2) is 8.42 Å². The average Bonchev–Trinajstić information content (AvgIpc) is 2.75. The van der Waals surface area contributed by atoms with Gasteiger partial charge in [0.1, 0.15) is 12.6 Å². The van der Waals surface area contributed by atoms with E-state index in [1.165, 1.54) is 4.90 Å². The molecule has 1 N–H and O–H groups in total. The summed E-state index contributed by atoms with van der Waals surface area (Å²) < 4.78 is 26.1. The number of rotatable bonds is 11. The number of nitrogens with one attached hydrogen (secondary N) is 1. The largest absolute Gasteiger partial charge is 0.354 e. The molecule has 0 aliphatic carbocycles. The Morgan fingerprint density at radius 1 is 1.12 bits per heavy atom. The predicted octanol–water partition coefficient (Wildman–Crippen LogP) is 3.75. The van der Waals surface area contributed by atoms with Crippen molar-refractivity contribution >= 4 is 39.1 Å². The number of unbranched alkanes of at least 4 members (excludes halogenated alkanes) is 1. The second kappa shape index (κ2) is 12.0. The van der Waals surface area contributed by atoms with E-state index in [-0.39, 0.29) is 23.2 Å². The summed E-state index contributed by atoms with van der Waals surface area (Å²) in [6.45, 7) is 5.83. The summed E-state index contributed by atoms with van der Waals surface area (Å²) in [5.74, 6) is -0.784. The van der Waals surface area contributed by atoms with Gasteiger partial charge >= 0.3 is 0 Å². The normalized spacial score (nSPS) is 12.2. The van der Waals surface area contributed by atoms with Crippen LogP contribution in [0.25, 0.3) is 0 Å². The van der Waals surface area contributed by atoms with Gasteiger partial charge in [-0.1, -0.05) is 66.9 Å². The van der Waals surface area contributed by atoms with Crippen molar-refractivity contribution in [3.8, 4) is 0 Å². The highest BCUT2D eigenvalue weighted by atomic mass is 35.5. The van der Waals surface area contributed by atoms with Crippen molar-refractivity contribution in [2.75, 3.05) is 23.7 Å². The zero-order valence-corrected chi connectivity index (χ0v) is 21.1. The summed E-state index contributed by atoms with van der Waals surface area (Å²) in [6, 6.07) is 13.3. The third-order valence-electron chi connectivity index (χ3n) is 5.23. The molecule has 0 aromatic heterocycles. The number of amides is 2. The Balaban J connectivity index is 2.36. The number of para-hydroxylation sites is 1. The Morgan fingerprint density at radius 2 is 1.82 bits per heavy atom. The molecule has 180 valence electrons. The van der Waals surface area contributed by atoms with Crippen LogP contribution in [0.5, 0.6) is 0 Å². The standard InChI is InChI=1S/C24H32ClN3O4S/c1-5-6-14-26-24(30)19(3)27(16-20-11-9-10-18(2)15-20)23(29)17-28(33(4,31)32)22-13-8-7-12-21(22)25/h7-13,15,19H,5-6,14,16-17H2,1-4H3,(H,26,30). The fourth-order valence-electron chi connectivity index (χ4n) is 3.37. The molecule has 1 unspecified atom stereocenters. The van der Waals surface area contributed by atoms with Crippen LogP contribution in [0, 0.1) is 6.92 Å². The van der Waals surface area contributed by atoms with Crippen molar-refractivity contribution in [1.82, 2.24) is 10.2 Å². The highest BCUT2D eigenvalue weighted by Crippen LogP contribution is 2.27. The van der Waals surface area contributed by atoms with Gasteiger partial charge in [-0.3, -0.25) is 13.9 Å². The molecule has 2 aromatic rings. The molecule has 0 bridgehead atoms. The van der Waals surface area contributed by atoms with Gasteiger partial charge in [0.15, 0.2) is 0 Å². The highest BCUT2D eigenvalue weighted by Gasteiger charge is 2.30. The molecule has 0 saturated heterocycles. The van der Waals surface area contributed by atoms with Crippen molar-refractivity contribution in [2.24, 2.45) is 0 Å².